The van der Waals surface area contributed by atoms with Gasteiger partial charge in [-0.15, -0.1) is 0 Å². The first-order chi connectivity index (χ1) is 14.0. The van der Waals surface area contributed by atoms with Gasteiger partial charge in [-0.25, -0.2) is 4.98 Å². The second kappa shape index (κ2) is 7.51. The van der Waals surface area contributed by atoms with Crippen LogP contribution in [-0.2, 0) is 0 Å². The fourth-order valence-electron chi connectivity index (χ4n) is 3.80. The third kappa shape index (κ3) is 3.18. The molecule has 0 fully saturated rings. The maximum absolute atomic E-state index is 5.78. The molecule has 0 aliphatic rings. The second-order valence-electron chi connectivity index (χ2n) is 7.14. The van der Waals surface area contributed by atoms with Crippen LogP contribution in [0.3, 0.4) is 0 Å². The number of nitrogens with zero attached hydrogens (tertiary/aromatic N) is 3. The summed E-state index contributed by atoms with van der Waals surface area (Å²) in [6.45, 7) is 6.31. The molecule has 2 aromatic heterocycles. The number of ether oxygens (including phenoxy) is 2. The van der Waals surface area contributed by atoms with Gasteiger partial charge in [0.05, 0.1) is 31.8 Å². The summed E-state index contributed by atoms with van der Waals surface area (Å²) in [6.07, 6.45) is 3.96. The molecule has 0 saturated heterocycles. The lowest BCUT2D eigenvalue weighted by atomic mass is 10.1. The molecular formula is C24H25N3O2. The third-order valence-corrected chi connectivity index (χ3v) is 5.16. The summed E-state index contributed by atoms with van der Waals surface area (Å²) in [6, 6.07) is 16.4. The molecule has 5 heteroatoms. The van der Waals surface area contributed by atoms with E-state index in [1.165, 1.54) is 5.56 Å². The zero-order valence-electron chi connectivity index (χ0n) is 17.4. The van der Waals surface area contributed by atoms with Crippen LogP contribution in [0, 0.1) is 20.8 Å². The van der Waals surface area contributed by atoms with E-state index in [9.17, 15) is 0 Å². The molecule has 0 bridgehead atoms. The molecule has 0 saturated carbocycles. The van der Waals surface area contributed by atoms with Crippen LogP contribution < -0.4 is 14.4 Å². The van der Waals surface area contributed by atoms with E-state index in [0.717, 1.165) is 34.0 Å². The van der Waals surface area contributed by atoms with Crippen LogP contribution in [0.25, 0.3) is 5.65 Å². The normalized spacial score (nSPS) is 10.9. The number of fused-ring (bicyclic) bond motifs is 1. The summed E-state index contributed by atoms with van der Waals surface area (Å²) in [7, 11) is 3.32. The fraction of sp³-hybridized carbons (Fsp3) is 0.208. The maximum Gasteiger partial charge on any atom is 0.184 e. The van der Waals surface area contributed by atoms with Gasteiger partial charge in [-0.3, -0.25) is 9.30 Å². The Bertz CT molecular complexity index is 1160. The summed E-state index contributed by atoms with van der Waals surface area (Å²) in [4.78, 5) is 6.85. The Balaban J connectivity index is 2.06. The summed E-state index contributed by atoms with van der Waals surface area (Å²) < 4.78 is 13.4. The van der Waals surface area contributed by atoms with Gasteiger partial charge in [-0.05, 0) is 61.7 Å². The minimum Gasteiger partial charge on any atom is -0.493 e. The minimum atomic E-state index is 0.680. The Kier molecular flexibility index (Phi) is 4.89. The summed E-state index contributed by atoms with van der Waals surface area (Å²) >= 11 is 0. The molecule has 0 unspecified atom stereocenters. The van der Waals surface area contributed by atoms with Crippen LogP contribution >= 0.6 is 0 Å². The molecule has 0 spiro atoms. The minimum absolute atomic E-state index is 0.680. The Hall–Kier alpha value is -3.47. The molecule has 29 heavy (non-hydrogen) atoms. The fourth-order valence-corrected chi connectivity index (χ4v) is 3.80. The summed E-state index contributed by atoms with van der Waals surface area (Å²) in [5, 5.41) is 0. The quantitative estimate of drug-likeness (QED) is 0.437. The van der Waals surface area contributed by atoms with Crippen molar-refractivity contribution in [1.29, 1.82) is 0 Å². The number of pyridine rings is 1. The molecule has 0 atom stereocenters. The zero-order chi connectivity index (χ0) is 20.5. The van der Waals surface area contributed by atoms with Crippen molar-refractivity contribution in [3.8, 4) is 11.5 Å². The molecule has 2 heterocycles. The van der Waals surface area contributed by atoms with E-state index in [4.69, 9.17) is 9.47 Å². The number of anilines is 3. The van der Waals surface area contributed by atoms with E-state index >= 15 is 0 Å². The topological polar surface area (TPSA) is 39.0 Å². The van der Waals surface area contributed by atoms with Gasteiger partial charge in [-0.1, -0.05) is 24.3 Å². The van der Waals surface area contributed by atoms with Gasteiger partial charge in [0.15, 0.2) is 11.5 Å². The number of para-hydroxylation sites is 2. The Morgan fingerprint density at radius 3 is 2.31 bits per heavy atom. The lowest BCUT2D eigenvalue weighted by Crippen LogP contribution is -2.16. The number of benzene rings is 2. The lowest BCUT2D eigenvalue weighted by Gasteiger charge is -2.29. The molecule has 0 N–H and O–H groups in total. The van der Waals surface area contributed by atoms with Gasteiger partial charge in [0.25, 0.3) is 0 Å². The van der Waals surface area contributed by atoms with Crippen molar-refractivity contribution in [3.63, 3.8) is 0 Å². The lowest BCUT2D eigenvalue weighted by molar-refractivity contribution is 0.356. The molecule has 5 nitrogen and oxygen atoms in total. The number of imidazole rings is 1. The molecule has 4 aromatic rings. The highest BCUT2D eigenvalue weighted by Crippen LogP contribution is 2.46. The van der Waals surface area contributed by atoms with E-state index in [2.05, 4.69) is 71.6 Å². The highest BCUT2D eigenvalue weighted by atomic mass is 16.5. The van der Waals surface area contributed by atoms with Gasteiger partial charge >= 0.3 is 0 Å². The highest BCUT2D eigenvalue weighted by Gasteiger charge is 2.24. The second-order valence-corrected chi connectivity index (χ2v) is 7.14. The Labute approximate surface area is 171 Å². The summed E-state index contributed by atoms with van der Waals surface area (Å²) in [5.41, 5.74) is 6.40. The number of aryl methyl sites for hydroxylation is 3. The monoisotopic (exact) mass is 387 g/mol. The first kappa shape index (κ1) is 18.9. The number of methoxy groups -OCH3 is 2. The van der Waals surface area contributed by atoms with Crippen molar-refractivity contribution in [2.75, 3.05) is 19.1 Å². The molecule has 2 aromatic carbocycles. The van der Waals surface area contributed by atoms with Crippen molar-refractivity contribution in [3.05, 3.63) is 77.6 Å². The average molecular weight is 387 g/mol. The van der Waals surface area contributed by atoms with Crippen molar-refractivity contribution in [2.45, 2.75) is 20.8 Å². The van der Waals surface area contributed by atoms with Crippen LogP contribution in [-0.4, -0.2) is 23.6 Å². The first-order valence-corrected chi connectivity index (χ1v) is 9.56. The van der Waals surface area contributed by atoms with E-state index in [-0.39, 0.29) is 0 Å². The number of aromatic nitrogens is 2. The highest BCUT2D eigenvalue weighted by molar-refractivity contribution is 5.84. The largest absolute Gasteiger partial charge is 0.493 e. The van der Waals surface area contributed by atoms with Crippen molar-refractivity contribution in [1.82, 2.24) is 9.38 Å². The maximum atomic E-state index is 5.78. The van der Waals surface area contributed by atoms with Gasteiger partial charge in [0.2, 0.25) is 0 Å². The van der Waals surface area contributed by atoms with Gasteiger partial charge in [0, 0.05) is 6.20 Å². The number of hydrogen-bond donors (Lipinski definition) is 0. The molecule has 4 rings (SSSR count). The van der Waals surface area contributed by atoms with Gasteiger partial charge in [-0.2, -0.15) is 0 Å². The standard InChI is InChI=1S/C24H25N3O2/c1-16-12-13-26-21(14-16)25-15-22(26)27(23-17(2)8-6-9-18(23)3)19-10-7-11-20(28-4)24(19)29-5/h6-15H,1-5H3. The molecule has 0 aliphatic carbocycles. The van der Waals surface area contributed by atoms with Crippen LogP contribution in [0.1, 0.15) is 16.7 Å². The predicted octanol–water partition coefficient (Wildman–Crippen LogP) is 5.75. The van der Waals surface area contributed by atoms with Crippen LogP contribution in [0.15, 0.2) is 60.9 Å². The first-order valence-electron chi connectivity index (χ1n) is 9.56. The van der Waals surface area contributed by atoms with Crippen molar-refractivity contribution >= 4 is 22.8 Å². The predicted molar refractivity (Wildman–Crippen MR) is 117 cm³/mol. The molecule has 0 aliphatic heterocycles. The van der Waals surface area contributed by atoms with E-state index in [0.29, 0.717) is 11.5 Å². The zero-order valence-corrected chi connectivity index (χ0v) is 17.4. The third-order valence-electron chi connectivity index (χ3n) is 5.16. The average Bonchev–Trinajstić information content (AvgIpc) is 3.12. The van der Waals surface area contributed by atoms with Crippen molar-refractivity contribution in [2.24, 2.45) is 0 Å². The van der Waals surface area contributed by atoms with E-state index < -0.39 is 0 Å². The molecule has 0 amide bonds. The van der Waals surface area contributed by atoms with E-state index in [1.807, 2.05) is 24.4 Å². The van der Waals surface area contributed by atoms with Crippen LogP contribution in [0.4, 0.5) is 17.2 Å². The van der Waals surface area contributed by atoms with Gasteiger partial charge < -0.3 is 9.47 Å². The van der Waals surface area contributed by atoms with Crippen LogP contribution in [0.5, 0.6) is 11.5 Å². The van der Waals surface area contributed by atoms with Crippen LogP contribution in [0.2, 0.25) is 0 Å². The smallest absolute Gasteiger partial charge is 0.184 e. The Morgan fingerprint density at radius 1 is 0.897 bits per heavy atom. The van der Waals surface area contributed by atoms with Crippen molar-refractivity contribution < 1.29 is 9.47 Å². The number of hydrogen-bond acceptors (Lipinski definition) is 4. The molecular weight excluding hydrogens is 362 g/mol. The molecule has 0 radical (unpaired) electrons. The number of rotatable bonds is 5. The summed E-state index contributed by atoms with van der Waals surface area (Å²) in [5.74, 6) is 2.30. The SMILES string of the molecule is COc1cccc(N(c2c(C)cccc2C)c2cnc3cc(C)ccn23)c1OC. The van der Waals surface area contributed by atoms with E-state index in [1.54, 1.807) is 14.2 Å². The molecule has 148 valence electrons. The Morgan fingerprint density at radius 2 is 1.62 bits per heavy atom. The van der Waals surface area contributed by atoms with Gasteiger partial charge in [0.1, 0.15) is 11.5 Å².